The van der Waals surface area contributed by atoms with Crippen LogP contribution in [0.4, 0.5) is 0 Å². The summed E-state index contributed by atoms with van der Waals surface area (Å²) in [5.41, 5.74) is 5.43. The maximum Gasteiger partial charge on any atom is 0.326 e. The summed E-state index contributed by atoms with van der Waals surface area (Å²) >= 11 is 0. The first-order valence-corrected chi connectivity index (χ1v) is 9.27. The molecule has 0 bridgehead atoms. The molecule has 0 aromatic heterocycles. The number of hydrogen-bond acceptors (Lipinski definition) is 7. The lowest BCUT2D eigenvalue weighted by Gasteiger charge is -2.28. The Labute approximate surface area is 171 Å². The van der Waals surface area contributed by atoms with Gasteiger partial charge in [-0.05, 0) is 26.2 Å². The van der Waals surface area contributed by atoms with Gasteiger partial charge < -0.3 is 36.6 Å². The van der Waals surface area contributed by atoms with Crippen LogP contribution in [0.3, 0.4) is 0 Å². The largest absolute Gasteiger partial charge is 0.481 e. The van der Waals surface area contributed by atoms with E-state index >= 15 is 0 Å². The number of carboxylic acids is 3. The zero-order chi connectivity index (χ0) is 23.0. The molecule has 13 heteroatoms. The molecule has 0 spiro atoms. The molecule has 1 fully saturated rings. The second-order valence-corrected chi connectivity index (χ2v) is 6.97. The monoisotopic (exact) mass is 430 g/mol. The highest BCUT2D eigenvalue weighted by Gasteiger charge is 2.39. The van der Waals surface area contributed by atoms with E-state index in [0.717, 1.165) is 4.90 Å². The molecule has 0 radical (unpaired) electrons. The molecule has 4 atom stereocenters. The maximum atomic E-state index is 12.7. The summed E-state index contributed by atoms with van der Waals surface area (Å²) in [6.07, 6.45) is -1.03. The highest BCUT2D eigenvalue weighted by atomic mass is 16.4. The van der Waals surface area contributed by atoms with E-state index in [9.17, 15) is 33.9 Å². The van der Waals surface area contributed by atoms with Crippen molar-refractivity contribution in [3.63, 3.8) is 0 Å². The SMILES string of the molecule is C[C@H](N)C(=O)N[C@@H](CCC(=O)O)C(=O)N[C@@H](CC(=O)O)C(=O)N1CCC[C@@H]1C(=O)O. The van der Waals surface area contributed by atoms with Gasteiger partial charge in [0, 0.05) is 13.0 Å². The third-order valence-electron chi connectivity index (χ3n) is 4.51. The Morgan fingerprint density at radius 2 is 1.60 bits per heavy atom. The number of hydrogen-bond donors (Lipinski definition) is 6. The Balaban J connectivity index is 3.00. The third kappa shape index (κ3) is 7.31. The van der Waals surface area contributed by atoms with Gasteiger partial charge in [0.05, 0.1) is 12.5 Å². The van der Waals surface area contributed by atoms with Crippen molar-refractivity contribution in [1.29, 1.82) is 0 Å². The predicted molar refractivity (Wildman–Crippen MR) is 99.0 cm³/mol. The normalized spacial score (nSPS) is 18.7. The average Bonchev–Trinajstić information content (AvgIpc) is 3.12. The van der Waals surface area contributed by atoms with Crippen LogP contribution in [0.25, 0.3) is 0 Å². The highest BCUT2D eigenvalue weighted by molar-refractivity contribution is 5.95. The van der Waals surface area contributed by atoms with E-state index in [1.165, 1.54) is 6.92 Å². The van der Waals surface area contributed by atoms with Crippen molar-refractivity contribution < 1.29 is 44.1 Å². The molecular weight excluding hydrogens is 404 g/mol. The van der Waals surface area contributed by atoms with Gasteiger partial charge in [0.25, 0.3) is 0 Å². The van der Waals surface area contributed by atoms with Crippen LogP contribution in [0, 0.1) is 0 Å². The molecule has 0 aliphatic carbocycles. The van der Waals surface area contributed by atoms with Crippen molar-refractivity contribution in [2.24, 2.45) is 5.73 Å². The first-order valence-electron chi connectivity index (χ1n) is 9.27. The molecule has 7 N–H and O–H groups in total. The van der Waals surface area contributed by atoms with Crippen LogP contribution in [0.15, 0.2) is 0 Å². The number of amides is 3. The number of nitrogens with two attached hydrogens (primary N) is 1. The maximum absolute atomic E-state index is 12.7. The summed E-state index contributed by atoms with van der Waals surface area (Å²) in [7, 11) is 0. The molecule has 1 saturated heterocycles. The molecule has 0 saturated carbocycles. The molecule has 1 rings (SSSR count). The fraction of sp³-hybridized carbons (Fsp3) is 0.647. The van der Waals surface area contributed by atoms with Crippen molar-refractivity contribution >= 4 is 35.6 Å². The van der Waals surface area contributed by atoms with Gasteiger partial charge in [0.2, 0.25) is 17.7 Å². The van der Waals surface area contributed by atoms with Crippen LogP contribution in [-0.2, 0) is 28.8 Å². The topological polar surface area (TPSA) is 216 Å². The molecular formula is C17H26N4O9. The number of likely N-dealkylation sites (tertiary alicyclic amines) is 1. The van der Waals surface area contributed by atoms with Crippen LogP contribution in [0.1, 0.15) is 39.0 Å². The highest BCUT2D eigenvalue weighted by Crippen LogP contribution is 2.19. The molecule has 1 heterocycles. The quantitative estimate of drug-likeness (QED) is 0.206. The summed E-state index contributed by atoms with van der Waals surface area (Å²) in [5.74, 6) is -6.50. The molecule has 13 nitrogen and oxygen atoms in total. The number of carbonyl (C=O) groups excluding carboxylic acids is 3. The minimum absolute atomic E-state index is 0.0889. The zero-order valence-corrected chi connectivity index (χ0v) is 16.4. The van der Waals surface area contributed by atoms with Gasteiger partial charge in [-0.3, -0.25) is 24.0 Å². The van der Waals surface area contributed by atoms with Gasteiger partial charge in [-0.15, -0.1) is 0 Å². The molecule has 0 aromatic rings. The van der Waals surface area contributed by atoms with Gasteiger partial charge >= 0.3 is 17.9 Å². The molecule has 0 aromatic carbocycles. The lowest BCUT2D eigenvalue weighted by Crippen LogP contribution is -2.57. The minimum atomic E-state index is -1.59. The van der Waals surface area contributed by atoms with E-state index in [1.54, 1.807) is 0 Å². The number of carbonyl (C=O) groups is 6. The van der Waals surface area contributed by atoms with Gasteiger partial charge in [-0.2, -0.15) is 0 Å². The number of nitrogens with one attached hydrogen (secondary N) is 2. The molecule has 30 heavy (non-hydrogen) atoms. The summed E-state index contributed by atoms with van der Waals surface area (Å²) in [5, 5.41) is 31.6. The Hall–Kier alpha value is -3.22. The smallest absolute Gasteiger partial charge is 0.326 e. The lowest BCUT2D eigenvalue weighted by atomic mass is 10.1. The molecule has 1 aliphatic heterocycles. The second kappa shape index (κ2) is 11.1. The second-order valence-electron chi connectivity index (χ2n) is 6.97. The summed E-state index contributed by atoms with van der Waals surface area (Å²) in [4.78, 5) is 71.5. The Kier molecular flexibility index (Phi) is 9.17. The molecule has 1 aliphatic rings. The number of nitrogens with zero attached hydrogens (tertiary/aromatic N) is 1. The van der Waals surface area contributed by atoms with Crippen molar-refractivity contribution in [3.05, 3.63) is 0 Å². The predicted octanol–water partition coefficient (Wildman–Crippen LogP) is -2.28. The van der Waals surface area contributed by atoms with E-state index in [0.29, 0.717) is 6.42 Å². The average molecular weight is 430 g/mol. The van der Waals surface area contributed by atoms with Gasteiger partial charge in [0.1, 0.15) is 18.1 Å². The number of aliphatic carboxylic acids is 3. The van der Waals surface area contributed by atoms with E-state index < -0.39 is 72.6 Å². The van der Waals surface area contributed by atoms with Gasteiger partial charge in [-0.1, -0.05) is 0 Å². The Bertz CT molecular complexity index is 709. The summed E-state index contributed by atoms with van der Waals surface area (Å²) in [6, 6.07) is -5.10. The van der Waals surface area contributed by atoms with Crippen molar-refractivity contribution in [1.82, 2.24) is 15.5 Å². The first kappa shape index (κ1) is 24.8. The van der Waals surface area contributed by atoms with Crippen LogP contribution < -0.4 is 16.4 Å². The van der Waals surface area contributed by atoms with Crippen LogP contribution in [0.2, 0.25) is 0 Å². The van der Waals surface area contributed by atoms with E-state index in [-0.39, 0.29) is 19.4 Å². The minimum Gasteiger partial charge on any atom is -0.481 e. The van der Waals surface area contributed by atoms with Crippen LogP contribution in [0.5, 0.6) is 0 Å². The first-order chi connectivity index (χ1) is 13.9. The van der Waals surface area contributed by atoms with Crippen molar-refractivity contribution in [2.75, 3.05) is 6.54 Å². The Morgan fingerprint density at radius 3 is 2.10 bits per heavy atom. The van der Waals surface area contributed by atoms with Crippen LogP contribution in [-0.4, -0.2) is 86.6 Å². The van der Waals surface area contributed by atoms with Gasteiger partial charge in [-0.25, -0.2) is 4.79 Å². The van der Waals surface area contributed by atoms with Gasteiger partial charge in [0.15, 0.2) is 0 Å². The standard InChI is InChI=1S/C17H26N4O9/c1-8(18)14(26)19-9(4-5-12(22)23)15(27)20-10(7-13(24)25)16(28)21-6-2-3-11(21)17(29)30/h8-11H,2-7,18H2,1H3,(H,19,26)(H,20,27)(H,22,23)(H,24,25)(H,29,30)/t8-,9-,10-,11+/m0/s1. The summed E-state index contributed by atoms with van der Waals surface area (Å²) in [6.45, 7) is 1.43. The van der Waals surface area contributed by atoms with E-state index in [4.69, 9.17) is 15.9 Å². The number of carboxylic acid groups (broad SMARTS) is 3. The van der Waals surface area contributed by atoms with Crippen molar-refractivity contribution in [2.45, 2.75) is 63.2 Å². The fourth-order valence-corrected chi connectivity index (χ4v) is 2.97. The van der Waals surface area contributed by atoms with Crippen LogP contribution >= 0.6 is 0 Å². The lowest BCUT2D eigenvalue weighted by molar-refractivity contribution is -0.150. The number of rotatable bonds is 11. The van der Waals surface area contributed by atoms with E-state index in [2.05, 4.69) is 10.6 Å². The Morgan fingerprint density at radius 1 is 1.00 bits per heavy atom. The molecule has 168 valence electrons. The fourth-order valence-electron chi connectivity index (χ4n) is 2.97. The molecule has 3 amide bonds. The van der Waals surface area contributed by atoms with E-state index in [1.807, 2.05) is 0 Å². The summed E-state index contributed by atoms with van der Waals surface area (Å²) < 4.78 is 0. The zero-order valence-electron chi connectivity index (χ0n) is 16.4. The third-order valence-corrected chi connectivity index (χ3v) is 4.51. The van der Waals surface area contributed by atoms with Crippen molar-refractivity contribution in [3.8, 4) is 0 Å². The molecule has 0 unspecified atom stereocenters.